The molecule has 5 atom stereocenters. The number of rotatable bonds is 5. The highest BCUT2D eigenvalue weighted by molar-refractivity contribution is 7.47. The van der Waals surface area contributed by atoms with Gasteiger partial charge >= 0.3 is 13.5 Å². The van der Waals surface area contributed by atoms with E-state index in [1.807, 2.05) is 6.92 Å². The van der Waals surface area contributed by atoms with Crippen LogP contribution < -0.4 is 11.2 Å². The van der Waals surface area contributed by atoms with Gasteiger partial charge in [0.05, 0.1) is 6.61 Å². The van der Waals surface area contributed by atoms with Crippen molar-refractivity contribution < 1.29 is 28.0 Å². The van der Waals surface area contributed by atoms with Crippen LogP contribution in [0, 0.1) is 6.92 Å². The zero-order valence-corrected chi connectivity index (χ0v) is 15.0. The molecule has 2 aliphatic rings. The Kier molecular flexibility index (Phi) is 4.78. The maximum atomic E-state index is 12.2. The number of fused-ring (bicyclic) bond motifs is 2. The van der Waals surface area contributed by atoms with E-state index in [-0.39, 0.29) is 0 Å². The van der Waals surface area contributed by atoms with E-state index in [1.54, 1.807) is 6.92 Å². The molecule has 0 aromatic carbocycles. The third-order valence-electron chi connectivity index (χ3n) is 4.78. The third kappa shape index (κ3) is 3.14. The van der Waals surface area contributed by atoms with Crippen molar-refractivity contribution >= 4 is 7.82 Å². The fourth-order valence-electron chi connectivity index (χ4n) is 3.36. The number of aromatic nitrogens is 2. The molecule has 0 radical (unpaired) electrons. The number of ether oxygens (including phenoxy) is 2. The molecule has 3 heterocycles. The summed E-state index contributed by atoms with van der Waals surface area (Å²) in [6.45, 7) is 3.78. The summed E-state index contributed by atoms with van der Waals surface area (Å²) in [5.41, 5.74) is -1.70. The lowest BCUT2D eigenvalue weighted by Gasteiger charge is -2.37. The minimum Gasteiger partial charge on any atom is -0.371 e. The lowest BCUT2D eigenvalue weighted by Crippen LogP contribution is -2.49. The Hall–Kier alpha value is -1.29. The Morgan fingerprint density at radius 2 is 2.24 bits per heavy atom. The standard InChI is InChI=1S/C14H21N2O8P/c1-4-14-5-6-22-9(10(14)24-25(19,20)21-3)12(23-14)16-7-8(2)11(17)15-13(16)18/h7,9-10,12H,4-6H2,1-3H3,(H,19,20)(H,15,17,18)/t9?,10-,12-,14+/m1/s1. The molecule has 0 spiro atoms. The van der Waals surface area contributed by atoms with E-state index < -0.39 is 43.1 Å². The molecule has 2 fully saturated rings. The highest BCUT2D eigenvalue weighted by atomic mass is 31.2. The number of aromatic amines is 1. The van der Waals surface area contributed by atoms with Crippen molar-refractivity contribution in [2.45, 2.75) is 50.7 Å². The van der Waals surface area contributed by atoms with Crippen molar-refractivity contribution in [3.63, 3.8) is 0 Å². The van der Waals surface area contributed by atoms with E-state index in [4.69, 9.17) is 14.0 Å². The van der Waals surface area contributed by atoms with E-state index in [9.17, 15) is 19.0 Å². The van der Waals surface area contributed by atoms with Gasteiger partial charge in [-0.3, -0.25) is 23.4 Å². The Morgan fingerprint density at radius 1 is 1.52 bits per heavy atom. The van der Waals surface area contributed by atoms with Gasteiger partial charge in [0.2, 0.25) is 0 Å². The Balaban J connectivity index is 2.04. The summed E-state index contributed by atoms with van der Waals surface area (Å²) in [7, 11) is -3.22. The molecule has 2 N–H and O–H groups in total. The Morgan fingerprint density at radius 3 is 2.88 bits per heavy atom. The lowest BCUT2D eigenvalue weighted by molar-refractivity contribution is -0.120. The zero-order valence-electron chi connectivity index (χ0n) is 14.1. The second-order valence-corrected chi connectivity index (χ2v) is 7.68. The first kappa shape index (κ1) is 18.5. The molecule has 11 heteroatoms. The lowest BCUT2D eigenvalue weighted by atomic mass is 9.87. The molecule has 10 nitrogen and oxygen atoms in total. The van der Waals surface area contributed by atoms with Crippen molar-refractivity contribution in [3.05, 3.63) is 32.6 Å². The highest BCUT2D eigenvalue weighted by Gasteiger charge is 2.60. The molecular weight excluding hydrogens is 355 g/mol. The fourth-order valence-corrected chi connectivity index (χ4v) is 4.04. The number of aryl methyl sites for hydroxylation is 1. The van der Waals surface area contributed by atoms with Gasteiger partial charge in [-0.2, -0.15) is 0 Å². The molecule has 1 aromatic heterocycles. The predicted molar refractivity (Wildman–Crippen MR) is 85.3 cm³/mol. The Labute approximate surface area is 143 Å². The first-order chi connectivity index (χ1) is 11.7. The molecule has 2 aliphatic heterocycles. The summed E-state index contributed by atoms with van der Waals surface area (Å²) in [6.07, 6.45) is -0.298. The maximum Gasteiger partial charge on any atom is 0.472 e. The second kappa shape index (κ2) is 6.46. The van der Waals surface area contributed by atoms with Crippen molar-refractivity contribution in [1.29, 1.82) is 0 Å². The second-order valence-electron chi connectivity index (χ2n) is 6.17. The van der Waals surface area contributed by atoms with Crippen LogP contribution in [0.15, 0.2) is 15.8 Å². The smallest absolute Gasteiger partial charge is 0.371 e. The van der Waals surface area contributed by atoms with Gasteiger partial charge in [-0.15, -0.1) is 0 Å². The van der Waals surface area contributed by atoms with Crippen LogP contribution in [0.4, 0.5) is 0 Å². The summed E-state index contributed by atoms with van der Waals surface area (Å²) in [5, 5.41) is 0. The van der Waals surface area contributed by atoms with E-state index in [2.05, 4.69) is 9.51 Å². The molecular formula is C14H21N2O8P. The Bertz CT molecular complexity index is 820. The van der Waals surface area contributed by atoms with E-state index in [0.29, 0.717) is 25.0 Å². The number of hydrogen-bond acceptors (Lipinski definition) is 7. The van der Waals surface area contributed by atoms with Crippen LogP contribution in [-0.4, -0.2) is 46.0 Å². The molecule has 0 amide bonds. The number of nitrogens with one attached hydrogen (secondary N) is 1. The molecule has 25 heavy (non-hydrogen) atoms. The van der Waals surface area contributed by atoms with Gasteiger partial charge in [0.15, 0.2) is 6.23 Å². The summed E-state index contributed by atoms with van der Waals surface area (Å²) < 4.78 is 34.8. The van der Waals surface area contributed by atoms with Crippen molar-refractivity contribution in [2.75, 3.05) is 13.7 Å². The average molecular weight is 376 g/mol. The van der Waals surface area contributed by atoms with Crippen molar-refractivity contribution in [3.8, 4) is 0 Å². The number of phosphoric acid groups is 1. The molecule has 2 saturated heterocycles. The SMILES string of the molecule is CC[C@@]12CCOC([C@H](n3cc(C)c(=O)[nH]c3=O)O1)[C@H]2OP(=O)(O)OC. The largest absolute Gasteiger partial charge is 0.472 e. The maximum absolute atomic E-state index is 12.2. The van der Waals surface area contributed by atoms with Gasteiger partial charge in [-0.05, 0) is 13.3 Å². The fraction of sp³-hybridized carbons (Fsp3) is 0.714. The summed E-state index contributed by atoms with van der Waals surface area (Å²) >= 11 is 0. The average Bonchev–Trinajstić information content (AvgIpc) is 2.73. The van der Waals surface area contributed by atoms with Gasteiger partial charge < -0.3 is 14.4 Å². The van der Waals surface area contributed by atoms with Crippen LogP contribution in [0.3, 0.4) is 0 Å². The van der Waals surface area contributed by atoms with Crippen molar-refractivity contribution in [2.24, 2.45) is 0 Å². The van der Waals surface area contributed by atoms with Crippen LogP contribution in [-0.2, 0) is 23.1 Å². The molecule has 0 aliphatic carbocycles. The normalized spacial score (nSPS) is 34.0. The van der Waals surface area contributed by atoms with Gasteiger partial charge in [-0.25, -0.2) is 9.36 Å². The zero-order chi connectivity index (χ0) is 18.4. The van der Waals surface area contributed by atoms with E-state index in [0.717, 1.165) is 7.11 Å². The van der Waals surface area contributed by atoms with Gasteiger partial charge in [0.25, 0.3) is 5.56 Å². The number of H-pyrrole nitrogens is 1. The van der Waals surface area contributed by atoms with Crippen LogP contribution in [0.1, 0.15) is 31.6 Å². The number of phosphoric ester groups is 1. The van der Waals surface area contributed by atoms with Gasteiger partial charge in [0, 0.05) is 25.3 Å². The first-order valence-electron chi connectivity index (χ1n) is 7.91. The summed E-state index contributed by atoms with van der Waals surface area (Å²) in [6, 6.07) is 0. The molecule has 3 rings (SSSR count). The van der Waals surface area contributed by atoms with Crippen LogP contribution in [0.5, 0.6) is 0 Å². The van der Waals surface area contributed by atoms with Crippen molar-refractivity contribution in [1.82, 2.24) is 9.55 Å². The summed E-state index contributed by atoms with van der Waals surface area (Å²) in [5.74, 6) is 0. The number of nitrogens with zero attached hydrogens (tertiary/aromatic N) is 1. The molecule has 0 saturated carbocycles. The monoisotopic (exact) mass is 376 g/mol. The van der Waals surface area contributed by atoms with Gasteiger partial charge in [-0.1, -0.05) is 6.92 Å². The molecule has 140 valence electrons. The first-order valence-corrected chi connectivity index (χ1v) is 9.41. The minimum absolute atomic E-state index is 0.331. The van der Waals surface area contributed by atoms with Crippen LogP contribution in [0.25, 0.3) is 0 Å². The van der Waals surface area contributed by atoms with Gasteiger partial charge in [0.1, 0.15) is 17.8 Å². The highest BCUT2D eigenvalue weighted by Crippen LogP contribution is 2.54. The van der Waals surface area contributed by atoms with E-state index in [1.165, 1.54) is 10.8 Å². The third-order valence-corrected chi connectivity index (χ3v) is 5.74. The minimum atomic E-state index is -4.28. The molecule has 1 aromatic rings. The van der Waals surface area contributed by atoms with Crippen LogP contribution in [0.2, 0.25) is 0 Å². The molecule has 2 bridgehead atoms. The van der Waals surface area contributed by atoms with Crippen LogP contribution >= 0.6 is 7.82 Å². The predicted octanol–water partition coefficient (Wildman–Crippen LogP) is 0.444. The number of hydrogen-bond donors (Lipinski definition) is 2. The topological polar surface area (TPSA) is 129 Å². The quantitative estimate of drug-likeness (QED) is 0.709. The molecule has 2 unspecified atom stereocenters. The van der Waals surface area contributed by atoms with E-state index >= 15 is 0 Å². The summed E-state index contributed by atoms with van der Waals surface area (Å²) in [4.78, 5) is 35.7.